The lowest BCUT2D eigenvalue weighted by molar-refractivity contribution is -0.148. The van der Waals surface area contributed by atoms with Crippen LogP contribution in [0.25, 0.3) is 22.3 Å². The third-order valence-electron chi connectivity index (χ3n) is 5.40. The van der Waals surface area contributed by atoms with Gasteiger partial charge in [0.2, 0.25) is 0 Å². The predicted octanol–water partition coefficient (Wildman–Crippen LogP) is 7.60. The maximum atomic E-state index is 11.6. The van der Waals surface area contributed by atoms with Gasteiger partial charge in [-0.1, -0.05) is 87.4 Å². The lowest BCUT2D eigenvalue weighted by atomic mass is 9.94. The van der Waals surface area contributed by atoms with E-state index >= 15 is 0 Å². The van der Waals surface area contributed by atoms with Crippen LogP contribution >= 0.6 is 0 Å². The van der Waals surface area contributed by atoms with Crippen LogP contribution < -0.4 is 4.74 Å². The standard InChI is InChI=1S/C28H32O3/c1-4-6-9-20-30-25-18-16-24(17-19-25)27-11-8-7-10-26(27)23-14-12-22(13-15-23)21(3)31-28(29)5-2/h7-8,10-19,21H,4-6,9,20H2,1-3H3. The zero-order valence-electron chi connectivity index (χ0n) is 18.8. The van der Waals surface area contributed by atoms with E-state index in [1.807, 2.05) is 31.2 Å². The Morgan fingerprint density at radius 1 is 0.806 bits per heavy atom. The van der Waals surface area contributed by atoms with Gasteiger partial charge in [0.05, 0.1) is 6.61 Å². The molecule has 3 rings (SSSR count). The largest absolute Gasteiger partial charge is 0.494 e. The Morgan fingerprint density at radius 3 is 1.94 bits per heavy atom. The van der Waals surface area contributed by atoms with Gasteiger partial charge < -0.3 is 9.47 Å². The third kappa shape index (κ3) is 6.21. The summed E-state index contributed by atoms with van der Waals surface area (Å²) >= 11 is 0. The zero-order chi connectivity index (χ0) is 22.1. The number of rotatable bonds is 10. The number of hydrogen-bond donors (Lipinski definition) is 0. The van der Waals surface area contributed by atoms with Crippen LogP contribution in [0.15, 0.2) is 72.8 Å². The Labute approximate surface area is 186 Å². The first kappa shape index (κ1) is 22.6. The minimum Gasteiger partial charge on any atom is -0.494 e. The molecule has 0 heterocycles. The highest BCUT2D eigenvalue weighted by Crippen LogP contribution is 2.33. The van der Waals surface area contributed by atoms with E-state index in [9.17, 15) is 4.79 Å². The molecule has 0 aliphatic rings. The van der Waals surface area contributed by atoms with Crippen LogP contribution in [0.3, 0.4) is 0 Å². The number of ether oxygens (including phenoxy) is 2. The molecule has 1 atom stereocenters. The Bertz CT molecular complexity index is 958. The van der Waals surface area contributed by atoms with Crippen molar-refractivity contribution in [2.75, 3.05) is 6.61 Å². The highest BCUT2D eigenvalue weighted by atomic mass is 16.5. The summed E-state index contributed by atoms with van der Waals surface area (Å²) in [5, 5.41) is 0. The summed E-state index contributed by atoms with van der Waals surface area (Å²) in [6, 6.07) is 25.0. The van der Waals surface area contributed by atoms with Gasteiger partial charge in [-0.25, -0.2) is 0 Å². The van der Waals surface area contributed by atoms with E-state index in [1.165, 1.54) is 24.0 Å². The molecule has 3 aromatic rings. The number of carbonyl (C=O) groups excluding carboxylic acids is 1. The number of hydrogen-bond acceptors (Lipinski definition) is 3. The van der Waals surface area contributed by atoms with Crippen LogP contribution in [0.5, 0.6) is 5.75 Å². The Morgan fingerprint density at radius 2 is 1.39 bits per heavy atom. The second-order valence-electron chi connectivity index (χ2n) is 7.73. The second kappa shape index (κ2) is 11.4. The number of carbonyl (C=O) groups is 1. The molecule has 0 saturated carbocycles. The molecule has 0 spiro atoms. The summed E-state index contributed by atoms with van der Waals surface area (Å²) < 4.78 is 11.3. The highest BCUT2D eigenvalue weighted by Gasteiger charge is 2.12. The van der Waals surface area contributed by atoms with Gasteiger partial charge in [-0.2, -0.15) is 0 Å². The topological polar surface area (TPSA) is 35.5 Å². The van der Waals surface area contributed by atoms with E-state index in [-0.39, 0.29) is 12.1 Å². The van der Waals surface area contributed by atoms with Crippen molar-refractivity contribution in [3.63, 3.8) is 0 Å². The molecule has 0 saturated heterocycles. The molecule has 0 N–H and O–H groups in total. The first-order valence-corrected chi connectivity index (χ1v) is 11.2. The predicted molar refractivity (Wildman–Crippen MR) is 127 cm³/mol. The molecule has 1 unspecified atom stereocenters. The van der Waals surface area contributed by atoms with Crippen LogP contribution in [-0.4, -0.2) is 12.6 Å². The van der Waals surface area contributed by atoms with Crippen molar-refractivity contribution in [1.82, 2.24) is 0 Å². The Hall–Kier alpha value is -3.07. The molecule has 0 aliphatic carbocycles. The fourth-order valence-electron chi connectivity index (χ4n) is 3.54. The lowest BCUT2D eigenvalue weighted by Gasteiger charge is -2.15. The molecule has 162 valence electrons. The summed E-state index contributed by atoms with van der Waals surface area (Å²) in [6.45, 7) is 6.67. The van der Waals surface area contributed by atoms with Crippen molar-refractivity contribution >= 4 is 5.97 Å². The number of esters is 1. The molecule has 0 aromatic heterocycles. The maximum Gasteiger partial charge on any atom is 0.306 e. The molecular formula is C28H32O3. The average molecular weight is 417 g/mol. The van der Waals surface area contributed by atoms with E-state index in [0.29, 0.717) is 6.42 Å². The average Bonchev–Trinajstić information content (AvgIpc) is 2.82. The SMILES string of the molecule is CCCCCOc1ccc(-c2ccccc2-c2ccc(C(C)OC(=O)CC)cc2)cc1. The first-order chi connectivity index (χ1) is 15.1. The zero-order valence-corrected chi connectivity index (χ0v) is 18.8. The second-order valence-corrected chi connectivity index (χ2v) is 7.73. The maximum absolute atomic E-state index is 11.6. The Balaban J connectivity index is 1.77. The van der Waals surface area contributed by atoms with Gasteiger partial charge in [-0.3, -0.25) is 4.79 Å². The molecular weight excluding hydrogens is 384 g/mol. The molecule has 3 aromatic carbocycles. The van der Waals surface area contributed by atoms with Crippen molar-refractivity contribution < 1.29 is 14.3 Å². The first-order valence-electron chi connectivity index (χ1n) is 11.2. The quantitative estimate of drug-likeness (QED) is 0.252. The molecule has 0 fully saturated rings. The van der Waals surface area contributed by atoms with Crippen LogP contribution in [0, 0.1) is 0 Å². The van der Waals surface area contributed by atoms with Crippen LogP contribution in [-0.2, 0) is 9.53 Å². The smallest absolute Gasteiger partial charge is 0.306 e. The summed E-state index contributed by atoms with van der Waals surface area (Å²) in [7, 11) is 0. The summed E-state index contributed by atoms with van der Waals surface area (Å²) in [5.74, 6) is 0.733. The van der Waals surface area contributed by atoms with E-state index in [4.69, 9.17) is 9.47 Å². The molecule has 0 bridgehead atoms. The molecule has 3 heteroatoms. The van der Waals surface area contributed by atoms with Gasteiger partial charge in [-0.05, 0) is 53.3 Å². The van der Waals surface area contributed by atoms with Gasteiger partial charge in [0, 0.05) is 6.42 Å². The minimum absolute atomic E-state index is 0.181. The number of unbranched alkanes of at least 4 members (excludes halogenated alkanes) is 2. The molecule has 31 heavy (non-hydrogen) atoms. The van der Waals surface area contributed by atoms with Crippen molar-refractivity contribution in [1.29, 1.82) is 0 Å². The van der Waals surface area contributed by atoms with Crippen molar-refractivity contribution in [2.45, 2.75) is 52.6 Å². The van der Waals surface area contributed by atoms with Crippen LogP contribution in [0.2, 0.25) is 0 Å². The van der Waals surface area contributed by atoms with Gasteiger partial charge in [0.1, 0.15) is 11.9 Å². The van der Waals surface area contributed by atoms with Crippen molar-refractivity contribution in [3.05, 3.63) is 78.4 Å². The third-order valence-corrected chi connectivity index (χ3v) is 5.40. The van der Waals surface area contributed by atoms with E-state index < -0.39 is 0 Å². The van der Waals surface area contributed by atoms with Gasteiger partial charge >= 0.3 is 5.97 Å². The normalized spacial score (nSPS) is 11.7. The molecule has 3 nitrogen and oxygen atoms in total. The van der Waals surface area contributed by atoms with E-state index in [1.54, 1.807) is 6.92 Å². The van der Waals surface area contributed by atoms with Gasteiger partial charge in [-0.15, -0.1) is 0 Å². The summed E-state index contributed by atoms with van der Waals surface area (Å²) in [6.07, 6.45) is 3.63. The summed E-state index contributed by atoms with van der Waals surface area (Å²) in [5.41, 5.74) is 5.63. The fourth-order valence-corrected chi connectivity index (χ4v) is 3.54. The van der Waals surface area contributed by atoms with Gasteiger partial charge in [0.25, 0.3) is 0 Å². The van der Waals surface area contributed by atoms with E-state index in [0.717, 1.165) is 35.5 Å². The monoisotopic (exact) mass is 416 g/mol. The molecule has 0 radical (unpaired) electrons. The lowest BCUT2D eigenvalue weighted by Crippen LogP contribution is -2.07. The Kier molecular flexibility index (Phi) is 8.28. The van der Waals surface area contributed by atoms with Crippen LogP contribution in [0.4, 0.5) is 0 Å². The minimum atomic E-state index is -0.249. The van der Waals surface area contributed by atoms with Crippen LogP contribution in [0.1, 0.15) is 58.1 Å². The molecule has 0 amide bonds. The highest BCUT2D eigenvalue weighted by molar-refractivity contribution is 5.83. The summed E-state index contributed by atoms with van der Waals surface area (Å²) in [4.78, 5) is 11.6. The van der Waals surface area contributed by atoms with Crippen molar-refractivity contribution in [2.24, 2.45) is 0 Å². The van der Waals surface area contributed by atoms with Crippen molar-refractivity contribution in [3.8, 4) is 28.0 Å². The fraction of sp³-hybridized carbons (Fsp3) is 0.321. The number of benzene rings is 3. The van der Waals surface area contributed by atoms with E-state index in [2.05, 4.69) is 55.5 Å². The molecule has 0 aliphatic heterocycles. The van der Waals surface area contributed by atoms with Gasteiger partial charge in [0.15, 0.2) is 0 Å².